The molecule has 0 unspecified atom stereocenters. The summed E-state index contributed by atoms with van der Waals surface area (Å²) in [6.07, 6.45) is 0. The number of nitriles is 1. The smallest absolute Gasteiger partial charge is 0.119 e. The van der Waals surface area contributed by atoms with Crippen molar-refractivity contribution in [2.45, 2.75) is 0 Å². The molecule has 0 aliphatic heterocycles. The number of allylic oxidation sites excluding steroid dienone is 1. The minimum Gasteiger partial charge on any atom is -0.390 e. The van der Waals surface area contributed by atoms with Crippen LogP contribution in [0, 0.1) is 11.3 Å². The summed E-state index contributed by atoms with van der Waals surface area (Å²) in [4.78, 5) is 0. The van der Waals surface area contributed by atoms with Crippen LogP contribution in [0.1, 0.15) is 11.1 Å². The Labute approximate surface area is 101 Å². The van der Waals surface area contributed by atoms with Gasteiger partial charge in [-0.2, -0.15) is 5.26 Å². The second kappa shape index (κ2) is 5.00. The van der Waals surface area contributed by atoms with Crippen molar-refractivity contribution in [3.63, 3.8) is 0 Å². The Morgan fingerprint density at radius 1 is 0.824 bits per heavy atom. The molecule has 2 aromatic rings. The minimum absolute atomic E-state index is 0.238. The summed E-state index contributed by atoms with van der Waals surface area (Å²) < 4.78 is 0. The van der Waals surface area contributed by atoms with E-state index in [9.17, 15) is 0 Å². The quantitative estimate of drug-likeness (QED) is 0.791. The van der Waals surface area contributed by atoms with Crippen LogP contribution in [0.2, 0.25) is 0 Å². The van der Waals surface area contributed by atoms with Crippen molar-refractivity contribution < 1.29 is 0 Å². The van der Waals surface area contributed by atoms with Gasteiger partial charge in [0.2, 0.25) is 0 Å². The van der Waals surface area contributed by atoms with Crippen molar-refractivity contribution in [3.05, 3.63) is 77.5 Å². The van der Waals surface area contributed by atoms with Gasteiger partial charge in [0.15, 0.2) is 0 Å². The summed E-state index contributed by atoms with van der Waals surface area (Å²) in [5.74, 6) is 0. The van der Waals surface area contributed by atoms with Gasteiger partial charge in [0.05, 0.1) is 0 Å². The van der Waals surface area contributed by atoms with Crippen molar-refractivity contribution in [2.75, 3.05) is 0 Å². The monoisotopic (exact) mass is 220 g/mol. The molecule has 0 atom stereocenters. The van der Waals surface area contributed by atoms with Crippen LogP contribution in [-0.2, 0) is 0 Å². The Bertz CT molecular complexity index is 521. The molecule has 2 heteroatoms. The second-order valence-electron chi connectivity index (χ2n) is 3.63. The van der Waals surface area contributed by atoms with Gasteiger partial charge in [-0.05, 0) is 11.1 Å². The molecule has 82 valence electrons. The molecule has 2 nitrogen and oxygen atoms in total. The van der Waals surface area contributed by atoms with Gasteiger partial charge < -0.3 is 5.73 Å². The van der Waals surface area contributed by atoms with E-state index < -0.39 is 0 Å². The minimum atomic E-state index is 0.238. The molecule has 0 fully saturated rings. The van der Waals surface area contributed by atoms with Crippen LogP contribution in [0.3, 0.4) is 0 Å². The zero-order valence-electron chi connectivity index (χ0n) is 9.30. The Kier molecular flexibility index (Phi) is 3.23. The number of nitrogens with two attached hydrogens (primary N) is 1. The van der Waals surface area contributed by atoms with E-state index in [0.717, 1.165) is 16.7 Å². The summed E-state index contributed by atoms with van der Waals surface area (Å²) in [6.45, 7) is 0. The van der Waals surface area contributed by atoms with E-state index in [1.807, 2.05) is 66.7 Å². The lowest BCUT2D eigenvalue weighted by Crippen LogP contribution is -2.01. The lowest BCUT2D eigenvalue weighted by molar-refractivity contribution is 1.37. The average Bonchev–Trinajstić information content (AvgIpc) is 2.41. The van der Waals surface area contributed by atoms with Gasteiger partial charge in [-0.3, -0.25) is 0 Å². The van der Waals surface area contributed by atoms with E-state index in [1.165, 1.54) is 0 Å². The van der Waals surface area contributed by atoms with Crippen LogP contribution in [0.4, 0.5) is 0 Å². The van der Waals surface area contributed by atoms with Crippen LogP contribution in [0.15, 0.2) is 66.4 Å². The highest BCUT2D eigenvalue weighted by Gasteiger charge is 2.08. The number of nitrogens with zero attached hydrogens (tertiary/aromatic N) is 1. The van der Waals surface area contributed by atoms with Crippen molar-refractivity contribution in [1.29, 1.82) is 5.26 Å². The van der Waals surface area contributed by atoms with Gasteiger partial charge in [0, 0.05) is 5.57 Å². The lowest BCUT2D eigenvalue weighted by Gasteiger charge is -2.08. The summed E-state index contributed by atoms with van der Waals surface area (Å²) in [5, 5.41) is 8.99. The van der Waals surface area contributed by atoms with Crippen LogP contribution < -0.4 is 5.73 Å². The molecule has 0 heterocycles. The topological polar surface area (TPSA) is 49.8 Å². The van der Waals surface area contributed by atoms with Crippen molar-refractivity contribution in [2.24, 2.45) is 5.73 Å². The van der Waals surface area contributed by atoms with Gasteiger partial charge in [-0.15, -0.1) is 0 Å². The number of benzene rings is 2. The van der Waals surface area contributed by atoms with Crippen LogP contribution in [-0.4, -0.2) is 0 Å². The maximum atomic E-state index is 8.99. The Morgan fingerprint density at radius 2 is 1.24 bits per heavy atom. The third-order valence-electron chi connectivity index (χ3n) is 2.51. The molecular weight excluding hydrogens is 208 g/mol. The maximum Gasteiger partial charge on any atom is 0.119 e. The molecule has 0 spiro atoms. The Hall–Kier alpha value is -2.53. The first-order valence-electron chi connectivity index (χ1n) is 5.33. The van der Waals surface area contributed by atoms with Gasteiger partial charge in [-0.1, -0.05) is 60.7 Å². The van der Waals surface area contributed by atoms with E-state index in [-0.39, 0.29) is 5.70 Å². The average molecular weight is 220 g/mol. The van der Waals surface area contributed by atoms with Crippen molar-refractivity contribution in [1.82, 2.24) is 0 Å². The Morgan fingerprint density at radius 3 is 1.59 bits per heavy atom. The predicted octanol–water partition coefficient (Wildman–Crippen LogP) is 2.93. The Balaban J connectivity index is 2.61. The fourth-order valence-corrected chi connectivity index (χ4v) is 1.74. The highest BCUT2D eigenvalue weighted by atomic mass is 14.6. The molecule has 0 bridgehead atoms. The molecule has 0 saturated carbocycles. The number of rotatable bonds is 2. The molecule has 0 aromatic heterocycles. The summed E-state index contributed by atoms with van der Waals surface area (Å²) in [5.41, 5.74) is 8.74. The molecule has 0 radical (unpaired) electrons. The summed E-state index contributed by atoms with van der Waals surface area (Å²) >= 11 is 0. The second-order valence-corrected chi connectivity index (χ2v) is 3.63. The van der Waals surface area contributed by atoms with E-state index in [0.29, 0.717) is 0 Å². The fraction of sp³-hybridized carbons (Fsp3) is 0. The molecule has 0 aliphatic rings. The largest absolute Gasteiger partial charge is 0.390 e. The molecule has 2 N–H and O–H groups in total. The fourth-order valence-electron chi connectivity index (χ4n) is 1.74. The summed E-state index contributed by atoms with van der Waals surface area (Å²) in [7, 11) is 0. The third-order valence-corrected chi connectivity index (χ3v) is 2.51. The van der Waals surface area contributed by atoms with E-state index in [2.05, 4.69) is 0 Å². The lowest BCUT2D eigenvalue weighted by atomic mass is 9.96. The SMILES string of the molecule is N#CC(N)=C(c1ccccc1)c1ccccc1. The number of hydrogen-bond acceptors (Lipinski definition) is 2. The molecular formula is C15H12N2. The van der Waals surface area contributed by atoms with Crippen LogP contribution in [0.25, 0.3) is 5.57 Å². The van der Waals surface area contributed by atoms with Gasteiger partial charge in [-0.25, -0.2) is 0 Å². The zero-order chi connectivity index (χ0) is 12.1. The van der Waals surface area contributed by atoms with Crippen LogP contribution >= 0.6 is 0 Å². The molecule has 0 saturated heterocycles. The van der Waals surface area contributed by atoms with E-state index >= 15 is 0 Å². The first kappa shape index (κ1) is 11.0. The highest BCUT2D eigenvalue weighted by molar-refractivity contribution is 5.83. The maximum absolute atomic E-state index is 8.99. The standard InChI is InChI=1S/C15H12N2/c16-11-14(17)15(12-7-3-1-4-8-12)13-9-5-2-6-10-13/h1-10H,17H2. The van der Waals surface area contributed by atoms with Gasteiger partial charge >= 0.3 is 0 Å². The zero-order valence-corrected chi connectivity index (χ0v) is 9.30. The third kappa shape index (κ3) is 2.35. The normalized spacial score (nSPS) is 9.35. The van der Waals surface area contributed by atoms with Gasteiger partial charge in [0.1, 0.15) is 11.8 Å². The van der Waals surface area contributed by atoms with Gasteiger partial charge in [0.25, 0.3) is 0 Å². The molecule has 2 aromatic carbocycles. The first-order valence-corrected chi connectivity index (χ1v) is 5.33. The van der Waals surface area contributed by atoms with Crippen LogP contribution in [0.5, 0.6) is 0 Å². The highest BCUT2D eigenvalue weighted by Crippen LogP contribution is 2.24. The summed E-state index contributed by atoms with van der Waals surface area (Å²) in [6, 6.07) is 21.4. The predicted molar refractivity (Wildman–Crippen MR) is 68.7 cm³/mol. The molecule has 0 amide bonds. The number of hydrogen-bond donors (Lipinski definition) is 1. The molecule has 17 heavy (non-hydrogen) atoms. The molecule has 0 aliphatic carbocycles. The first-order chi connectivity index (χ1) is 8.33. The van der Waals surface area contributed by atoms with Crippen molar-refractivity contribution in [3.8, 4) is 6.07 Å². The van der Waals surface area contributed by atoms with E-state index in [4.69, 9.17) is 11.0 Å². The van der Waals surface area contributed by atoms with E-state index in [1.54, 1.807) is 0 Å². The molecule has 2 rings (SSSR count). The van der Waals surface area contributed by atoms with Crippen molar-refractivity contribution >= 4 is 5.57 Å².